The first-order valence-corrected chi connectivity index (χ1v) is 7.70. The van der Waals surface area contributed by atoms with Gasteiger partial charge in [-0.25, -0.2) is 4.79 Å². The summed E-state index contributed by atoms with van der Waals surface area (Å²) in [5.41, 5.74) is 0.0822. The van der Waals surface area contributed by atoms with E-state index in [0.29, 0.717) is 6.61 Å². The predicted molar refractivity (Wildman–Crippen MR) is 77.9 cm³/mol. The zero-order valence-corrected chi connectivity index (χ0v) is 12.9. The largest absolute Gasteiger partial charge is 0.478 e. The van der Waals surface area contributed by atoms with Gasteiger partial charge >= 0.3 is 5.97 Å². The highest BCUT2D eigenvalue weighted by Gasteiger charge is 2.61. The Kier molecular flexibility index (Phi) is 3.72. The number of hydrogen-bond acceptors (Lipinski definition) is 4. The maximum absolute atomic E-state index is 12.5. The van der Waals surface area contributed by atoms with Gasteiger partial charge in [0.15, 0.2) is 5.76 Å². The molecule has 0 radical (unpaired) electrons. The summed E-state index contributed by atoms with van der Waals surface area (Å²) in [5, 5.41) is 8.91. The van der Waals surface area contributed by atoms with E-state index in [-0.39, 0.29) is 34.8 Å². The Bertz CT molecular complexity index is 589. The maximum atomic E-state index is 12.5. The third-order valence-electron chi connectivity index (χ3n) is 5.24. The fourth-order valence-corrected chi connectivity index (χ4v) is 3.82. The lowest BCUT2D eigenvalue weighted by atomic mass is 9.50. The number of aromatic carboxylic acids is 1. The molecule has 1 aromatic heterocycles. The van der Waals surface area contributed by atoms with Gasteiger partial charge in [-0.3, -0.25) is 4.79 Å². The van der Waals surface area contributed by atoms with Gasteiger partial charge in [0.05, 0.1) is 11.7 Å². The Morgan fingerprint density at radius 1 is 1.50 bits per heavy atom. The molecule has 22 heavy (non-hydrogen) atoms. The average Bonchev–Trinajstić information content (AvgIpc) is 2.89. The summed E-state index contributed by atoms with van der Waals surface area (Å²) in [7, 11) is 1.76. The van der Waals surface area contributed by atoms with Crippen molar-refractivity contribution in [1.29, 1.82) is 0 Å². The van der Waals surface area contributed by atoms with Crippen LogP contribution in [0.3, 0.4) is 0 Å². The van der Waals surface area contributed by atoms with E-state index in [9.17, 15) is 9.59 Å². The molecule has 2 aliphatic rings. The number of carbonyl (C=O) groups excluding carboxylic acids is 1. The molecule has 1 heterocycles. The molecule has 0 saturated heterocycles. The fraction of sp³-hybridized carbons (Fsp3) is 0.625. The summed E-state index contributed by atoms with van der Waals surface area (Å²) < 4.78 is 10.9. The van der Waals surface area contributed by atoms with Crippen LogP contribution < -0.4 is 0 Å². The summed E-state index contributed by atoms with van der Waals surface area (Å²) in [6, 6.07) is 1.43. The Labute approximate surface area is 129 Å². The van der Waals surface area contributed by atoms with Gasteiger partial charge in [0.25, 0.3) is 5.91 Å². The smallest absolute Gasteiger partial charge is 0.338 e. The van der Waals surface area contributed by atoms with E-state index in [1.807, 2.05) is 6.92 Å². The van der Waals surface area contributed by atoms with E-state index < -0.39 is 5.97 Å². The minimum Gasteiger partial charge on any atom is -0.478 e. The maximum Gasteiger partial charge on any atom is 0.338 e. The van der Waals surface area contributed by atoms with Gasteiger partial charge < -0.3 is 19.2 Å². The van der Waals surface area contributed by atoms with Crippen LogP contribution in [0.4, 0.5) is 0 Å². The molecular formula is C16H21NO5. The molecule has 2 atom stereocenters. The van der Waals surface area contributed by atoms with Gasteiger partial charge in [-0.1, -0.05) is 6.42 Å². The van der Waals surface area contributed by atoms with Gasteiger partial charge in [-0.15, -0.1) is 0 Å². The van der Waals surface area contributed by atoms with Crippen molar-refractivity contribution in [1.82, 2.24) is 4.90 Å². The topological polar surface area (TPSA) is 80.0 Å². The number of carboxylic acid groups (broad SMARTS) is 1. The van der Waals surface area contributed by atoms with Crippen LogP contribution in [0.1, 0.15) is 53.5 Å². The first-order chi connectivity index (χ1) is 10.5. The lowest BCUT2D eigenvalue weighted by Gasteiger charge is -2.63. The average molecular weight is 307 g/mol. The Hall–Kier alpha value is -1.82. The highest BCUT2D eigenvalue weighted by molar-refractivity contribution is 5.95. The lowest BCUT2D eigenvalue weighted by Crippen LogP contribution is -2.67. The third-order valence-corrected chi connectivity index (χ3v) is 5.24. The third kappa shape index (κ3) is 2.13. The van der Waals surface area contributed by atoms with Crippen LogP contribution in [0.2, 0.25) is 0 Å². The van der Waals surface area contributed by atoms with E-state index in [1.54, 1.807) is 11.9 Å². The molecular weight excluding hydrogens is 286 g/mol. The summed E-state index contributed by atoms with van der Waals surface area (Å²) in [6.45, 7) is 2.68. The lowest BCUT2D eigenvalue weighted by molar-refractivity contribution is -0.192. The first-order valence-electron chi connectivity index (χ1n) is 7.70. The number of nitrogens with zero attached hydrogens (tertiary/aromatic N) is 1. The number of carboxylic acids is 1. The highest BCUT2D eigenvalue weighted by Crippen LogP contribution is 2.59. The summed E-state index contributed by atoms with van der Waals surface area (Å²) in [4.78, 5) is 25.1. The molecule has 1 N–H and O–H groups in total. The van der Waals surface area contributed by atoms with Gasteiger partial charge in [-0.2, -0.15) is 0 Å². The van der Waals surface area contributed by atoms with Crippen molar-refractivity contribution in [2.45, 2.75) is 44.8 Å². The van der Waals surface area contributed by atoms with Gasteiger partial charge in [0.1, 0.15) is 6.26 Å². The molecule has 0 bridgehead atoms. The van der Waals surface area contributed by atoms with Crippen LogP contribution in [0.15, 0.2) is 16.7 Å². The quantitative estimate of drug-likeness (QED) is 0.903. The second kappa shape index (κ2) is 5.43. The molecule has 0 aromatic carbocycles. The first kappa shape index (κ1) is 15.1. The zero-order chi connectivity index (χ0) is 15.9. The van der Waals surface area contributed by atoms with Crippen molar-refractivity contribution >= 4 is 11.9 Å². The predicted octanol–water partition coefficient (Wildman–Crippen LogP) is 2.40. The zero-order valence-electron chi connectivity index (χ0n) is 12.9. The highest BCUT2D eigenvalue weighted by atomic mass is 16.5. The van der Waals surface area contributed by atoms with Crippen molar-refractivity contribution in [2.75, 3.05) is 13.7 Å². The second-order valence-corrected chi connectivity index (χ2v) is 6.20. The number of rotatable bonds is 5. The Balaban J connectivity index is 1.72. The SMILES string of the molecule is CCOC1CC(N(C)C(=O)c2cc(C(=O)O)co2)C12CCC2. The molecule has 3 rings (SSSR count). The molecule has 2 fully saturated rings. The second-order valence-electron chi connectivity index (χ2n) is 6.20. The Morgan fingerprint density at radius 2 is 2.23 bits per heavy atom. The number of ether oxygens (including phenoxy) is 1. The van der Waals surface area contributed by atoms with Crippen molar-refractivity contribution in [3.63, 3.8) is 0 Å². The molecule has 0 aliphatic heterocycles. The van der Waals surface area contributed by atoms with Crippen LogP contribution in [0.5, 0.6) is 0 Å². The molecule has 2 aliphatic carbocycles. The van der Waals surface area contributed by atoms with Crippen LogP contribution >= 0.6 is 0 Å². The Morgan fingerprint density at radius 3 is 2.73 bits per heavy atom. The van der Waals surface area contributed by atoms with Crippen LogP contribution in [0, 0.1) is 5.41 Å². The van der Waals surface area contributed by atoms with Gasteiger partial charge in [-0.05, 0) is 26.2 Å². The van der Waals surface area contributed by atoms with Crippen LogP contribution in [0.25, 0.3) is 0 Å². The molecule has 120 valence electrons. The van der Waals surface area contributed by atoms with Crippen molar-refractivity contribution in [2.24, 2.45) is 5.41 Å². The van der Waals surface area contributed by atoms with Gasteiger partial charge in [0, 0.05) is 31.2 Å². The van der Waals surface area contributed by atoms with E-state index in [2.05, 4.69) is 0 Å². The van der Waals surface area contributed by atoms with E-state index in [4.69, 9.17) is 14.3 Å². The standard InChI is InChI=1S/C16H21NO5/c1-3-21-13-8-12(16(13)5-4-6-16)17(2)14(18)11-7-10(9-22-11)15(19)20/h7,9,12-13H,3-6,8H2,1-2H3,(H,19,20). The summed E-state index contributed by atoms with van der Waals surface area (Å²) >= 11 is 0. The molecule has 6 nitrogen and oxygen atoms in total. The fourth-order valence-electron chi connectivity index (χ4n) is 3.82. The number of hydrogen-bond donors (Lipinski definition) is 1. The van der Waals surface area contributed by atoms with E-state index >= 15 is 0 Å². The molecule has 6 heteroatoms. The monoisotopic (exact) mass is 307 g/mol. The van der Waals surface area contributed by atoms with Crippen molar-refractivity contribution < 1.29 is 23.8 Å². The molecule has 2 saturated carbocycles. The van der Waals surface area contributed by atoms with Crippen LogP contribution in [-0.4, -0.2) is 47.7 Å². The number of carbonyl (C=O) groups is 2. The van der Waals surface area contributed by atoms with E-state index in [1.165, 1.54) is 12.5 Å². The summed E-state index contributed by atoms with van der Waals surface area (Å²) in [5.74, 6) is -1.28. The minimum atomic E-state index is -1.10. The van der Waals surface area contributed by atoms with Crippen molar-refractivity contribution in [3.05, 3.63) is 23.7 Å². The van der Waals surface area contributed by atoms with Gasteiger partial charge in [0.2, 0.25) is 0 Å². The van der Waals surface area contributed by atoms with E-state index in [0.717, 1.165) is 25.5 Å². The van der Waals surface area contributed by atoms with Crippen molar-refractivity contribution in [3.8, 4) is 0 Å². The summed E-state index contributed by atoms with van der Waals surface area (Å²) in [6.07, 6.45) is 5.51. The molecule has 1 spiro atoms. The normalized spacial score (nSPS) is 25.4. The van der Waals surface area contributed by atoms with Crippen LogP contribution in [-0.2, 0) is 4.74 Å². The minimum absolute atomic E-state index is 0.00379. The molecule has 1 aromatic rings. The molecule has 1 amide bonds. The molecule has 2 unspecified atom stereocenters. The number of amides is 1. The number of furan rings is 1.